The first-order valence-corrected chi connectivity index (χ1v) is 6.36. The van der Waals surface area contributed by atoms with E-state index in [1.807, 2.05) is 31.2 Å². The summed E-state index contributed by atoms with van der Waals surface area (Å²) in [7, 11) is 0. The fourth-order valence-electron chi connectivity index (χ4n) is 1.87. The molecular weight excluding hydrogens is 294 g/mol. The number of hydrazone groups is 1. The molecule has 1 heterocycles. The molecule has 0 spiro atoms. The molecule has 0 fully saturated rings. The van der Waals surface area contributed by atoms with Crippen LogP contribution in [0, 0.1) is 24.2 Å². The molecule has 2 rings (SSSR count). The molecule has 0 bridgehead atoms. The highest BCUT2D eigenvalue weighted by molar-refractivity contribution is 9.10. The van der Waals surface area contributed by atoms with E-state index in [-0.39, 0.29) is 12.3 Å². The van der Waals surface area contributed by atoms with Crippen LogP contribution in [-0.2, 0) is 4.79 Å². The predicted octanol–water partition coefficient (Wildman–Crippen LogP) is 3.01. The molecule has 18 heavy (non-hydrogen) atoms. The third-order valence-electron chi connectivity index (χ3n) is 2.95. The van der Waals surface area contributed by atoms with Crippen LogP contribution in [0.15, 0.2) is 27.8 Å². The van der Waals surface area contributed by atoms with Crippen molar-refractivity contribution in [3.05, 3.63) is 28.2 Å². The summed E-state index contributed by atoms with van der Waals surface area (Å²) >= 11 is 3.42. The van der Waals surface area contributed by atoms with Crippen LogP contribution in [0.5, 0.6) is 0 Å². The predicted molar refractivity (Wildman–Crippen MR) is 73.2 cm³/mol. The van der Waals surface area contributed by atoms with Crippen LogP contribution in [0.1, 0.15) is 18.9 Å². The second-order valence-electron chi connectivity index (χ2n) is 4.24. The molecule has 0 aromatic heterocycles. The standard InChI is InChI=1S/C13H12BrN3O/c1-8-7-10(3-4-12(8)14)17-13(18)11(5-6-15)9(2)16-17/h3-4,7,11H,5H2,1-2H3. The van der Waals surface area contributed by atoms with Crippen LogP contribution < -0.4 is 5.01 Å². The molecule has 1 aromatic rings. The van der Waals surface area contributed by atoms with Crippen molar-refractivity contribution in [1.29, 1.82) is 5.26 Å². The summed E-state index contributed by atoms with van der Waals surface area (Å²) in [6.07, 6.45) is 0.181. The third-order valence-corrected chi connectivity index (χ3v) is 3.84. The highest BCUT2D eigenvalue weighted by Crippen LogP contribution is 2.28. The van der Waals surface area contributed by atoms with Crippen LogP contribution >= 0.6 is 15.9 Å². The number of hydrogen-bond donors (Lipinski definition) is 0. The number of nitrogens with zero attached hydrogens (tertiary/aromatic N) is 3. The summed E-state index contributed by atoms with van der Waals surface area (Å²) < 4.78 is 0.993. The van der Waals surface area contributed by atoms with E-state index < -0.39 is 5.92 Å². The van der Waals surface area contributed by atoms with Crippen molar-refractivity contribution >= 4 is 33.2 Å². The normalized spacial score (nSPS) is 18.8. The maximum Gasteiger partial charge on any atom is 0.257 e. The van der Waals surface area contributed by atoms with E-state index in [0.29, 0.717) is 5.71 Å². The molecule has 5 heteroatoms. The number of hydrogen-bond acceptors (Lipinski definition) is 3. The number of rotatable bonds is 2. The first kappa shape index (κ1) is 12.8. The largest absolute Gasteiger partial charge is 0.272 e. The second kappa shape index (κ2) is 4.91. The Balaban J connectivity index is 2.33. The van der Waals surface area contributed by atoms with E-state index in [2.05, 4.69) is 21.0 Å². The monoisotopic (exact) mass is 305 g/mol. The van der Waals surface area contributed by atoms with Crippen molar-refractivity contribution in [3.63, 3.8) is 0 Å². The molecular formula is C13H12BrN3O. The van der Waals surface area contributed by atoms with Crippen molar-refractivity contribution < 1.29 is 4.79 Å². The number of amides is 1. The minimum atomic E-state index is -0.404. The highest BCUT2D eigenvalue weighted by atomic mass is 79.9. The van der Waals surface area contributed by atoms with Crippen molar-refractivity contribution in [2.75, 3.05) is 5.01 Å². The number of nitriles is 1. The third kappa shape index (κ3) is 2.16. The summed E-state index contributed by atoms with van der Waals surface area (Å²) in [6.45, 7) is 3.74. The Kier molecular flexibility index (Phi) is 3.48. The molecule has 1 aromatic carbocycles. The fourth-order valence-corrected chi connectivity index (χ4v) is 2.12. The lowest BCUT2D eigenvalue weighted by Gasteiger charge is -2.14. The Bertz CT molecular complexity index is 574. The van der Waals surface area contributed by atoms with E-state index in [1.54, 1.807) is 6.92 Å². The molecule has 1 atom stereocenters. The minimum Gasteiger partial charge on any atom is -0.272 e. The summed E-state index contributed by atoms with van der Waals surface area (Å²) in [4.78, 5) is 12.2. The number of benzene rings is 1. The van der Waals surface area contributed by atoms with Gasteiger partial charge in [-0.3, -0.25) is 4.79 Å². The van der Waals surface area contributed by atoms with E-state index >= 15 is 0 Å². The van der Waals surface area contributed by atoms with Gasteiger partial charge in [0.05, 0.1) is 24.1 Å². The van der Waals surface area contributed by atoms with Gasteiger partial charge in [0.1, 0.15) is 0 Å². The van der Waals surface area contributed by atoms with Crippen LogP contribution in [-0.4, -0.2) is 11.6 Å². The van der Waals surface area contributed by atoms with Crippen molar-refractivity contribution in [2.24, 2.45) is 11.0 Å². The molecule has 0 N–H and O–H groups in total. The zero-order valence-electron chi connectivity index (χ0n) is 10.1. The van der Waals surface area contributed by atoms with Gasteiger partial charge in [0.15, 0.2) is 0 Å². The Morgan fingerprint density at radius 3 is 2.83 bits per heavy atom. The molecule has 1 unspecified atom stereocenters. The highest BCUT2D eigenvalue weighted by Gasteiger charge is 2.34. The molecule has 0 radical (unpaired) electrons. The van der Waals surface area contributed by atoms with Crippen molar-refractivity contribution in [2.45, 2.75) is 20.3 Å². The lowest BCUT2D eigenvalue weighted by Crippen LogP contribution is -2.26. The van der Waals surface area contributed by atoms with Gasteiger partial charge in [-0.25, -0.2) is 5.01 Å². The molecule has 1 aliphatic heterocycles. The Labute approximate surface area is 114 Å². The first-order valence-electron chi connectivity index (χ1n) is 5.56. The van der Waals surface area contributed by atoms with Crippen molar-refractivity contribution in [1.82, 2.24) is 0 Å². The SMILES string of the molecule is CC1=NN(c2ccc(Br)c(C)c2)C(=O)C1CC#N. The molecule has 0 saturated carbocycles. The summed E-state index contributed by atoms with van der Waals surface area (Å²) in [5, 5.41) is 14.3. The Hall–Kier alpha value is -1.67. The van der Waals surface area contributed by atoms with E-state index in [1.165, 1.54) is 5.01 Å². The van der Waals surface area contributed by atoms with Crippen LogP contribution in [0.25, 0.3) is 0 Å². The van der Waals surface area contributed by atoms with Gasteiger partial charge < -0.3 is 0 Å². The lowest BCUT2D eigenvalue weighted by molar-refractivity contribution is -0.119. The van der Waals surface area contributed by atoms with Crippen LogP contribution in [0.2, 0.25) is 0 Å². The van der Waals surface area contributed by atoms with Crippen molar-refractivity contribution in [3.8, 4) is 6.07 Å². The maximum atomic E-state index is 12.2. The van der Waals surface area contributed by atoms with Gasteiger partial charge in [0.2, 0.25) is 0 Å². The second-order valence-corrected chi connectivity index (χ2v) is 5.09. The maximum absolute atomic E-state index is 12.2. The summed E-state index contributed by atoms with van der Waals surface area (Å²) in [5.41, 5.74) is 2.47. The van der Waals surface area contributed by atoms with Gasteiger partial charge in [-0.05, 0) is 37.6 Å². The Morgan fingerprint density at radius 2 is 2.22 bits per heavy atom. The molecule has 0 aliphatic carbocycles. The number of carbonyl (C=O) groups is 1. The van der Waals surface area contributed by atoms with E-state index in [4.69, 9.17) is 5.26 Å². The number of carbonyl (C=O) groups excluding carboxylic acids is 1. The lowest BCUT2D eigenvalue weighted by atomic mass is 10.0. The average Bonchev–Trinajstić information content (AvgIpc) is 2.61. The van der Waals surface area contributed by atoms with Gasteiger partial charge >= 0.3 is 0 Å². The molecule has 0 saturated heterocycles. The Morgan fingerprint density at radius 1 is 1.50 bits per heavy atom. The summed E-state index contributed by atoms with van der Waals surface area (Å²) in [6, 6.07) is 7.65. The van der Waals surface area contributed by atoms with Gasteiger partial charge in [-0.1, -0.05) is 15.9 Å². The van der Waals surface area contributed by atoms with Gasteiger partial charge in [0, 0.05) is 10.2 Å². The number of halogens is 1. The van der Waals surface area contributed by atoms with Gasteiger partial charge in [-0.2, -0.15) is 10.4 Å². The topological polar surface area (TPSA) is 56.5 Å². The van der Waals surface area contributed by atoms with Gasteiger partial charge in [-0.15, -0.1) is 0 Å². The molecule has 92 valence electrons. The molecule has 1 amide bonds. The van der Waals surface area contributed by atoms with Crippen LogP contribution in [0.3, 0.4) is 0 Å². The molecule has 4 nitrogen and oxygen atoms in total. The average molecular weight is 306 g/mol. The fraction of sp³-hybridized carbons (Fsp3) is 0.308. The van der Waals surface area contributed by atoms with Crippen LogP contribution in [0.4, 0.5) is 5.69 Å². The van der Waals surface area contributed by atoms with Gasteiger partial charge in [0.25, 0.3) is 5.91 Å². The zero-order chi connectivity index (χ0) is 13.3. The summed E-state index contributed by atoms with van der Waals surface area (Å²) in [5.74, 6) is -0.533. The molecule has 1 aliphatic rings. The number of aryl methyl sites for hydroxylation is 1. The quantitative estimate of drug-likeness (QED) is 0.843. The first-order chi connectivity index (χ1) is 8.54. The smallest absolute Gasteiger partial charge is 0.257 e. The van der Waals surface area contributed by atoms with E-state index in [0.717, 1.165) is 15.7 Å². The zero-order valence-corrected chi connectivity index (χ0v) is 11.7. The minimum absolute atomic E-state index is 0.129. The number of anilines is 1. The van der Waals surface area contributed by atoms with E-state index in [9.17, 15) is 4.79 Å².